The molecule has 0 aromatic rings. The molecule has 9 nitrogen and oxygen atoms in total. The molecule has 0 saturated carbocycles. The maximum atomic E-state index is 13.9. The largest absolute Gasteiger partial charge is 0.408 e. The van der Waals surface area contributed by atoms with Crippen LogP contribution in [0.1, 0.15) is 0 Å². The highest BCUT2D eigenvalue weighted by atomic mass is 35.5. The Morgan fingerprint density at radius 1 is 1.68 bits per heavy atom. The van der Waals surface area contributed by atoms with E-state index in [0.717, 1.165) is 0 Å². The van der Waals surface area contributed by atoms with Crippen molar-refractivity contribution in [2.45, 2.75) is 23.6 Å². The van der Waals surface area contributed by atoms with Gasteiger partial charge < -0.3 is 30.9 Å². The molecule has 0 radical (unpaired) electrons. The van der Waals surface area contributed by atoms with E-state index in [4.69, 9.17) is 32.1 Å². The number of hydrogen-bond acceptors (Lipinski definition) is 7. The van der Waals surface area contributed by atoms with Crippen LogP contribution < -0.4 is 10.6 Å². The number of nitrogens with one attached hydrogen (secondary N) is 3. The van der Waals surface area contributed by atoms with Crippen LogP contribution in [0.3, 0.4) is 0 Å². The van der Waals surface area contributed by atoms with Gasteiger partial charge in [-0.15, -0.1) is 0 Å². The summed E-state index contributed by atoms with van der Waals surface area (Å²) in [7, 11) is 0. The Bertz CT molecular complexity index is 393. The third kappa shape index (κ3) is 3.29. The lowest BCUT2D eigenvalue weighted by atomic mass is 10.1. The number of oxime groups is 1. The second-order valence-electron chi connectivity index (χ2n) is 3.58. The Labute approximate surface area is 111 Å². The van der Waals surface area contributed by atoms with Gasteiger partial charge in [0.15, 0.2) is 6.23 Å². The molecule has 19 heavy (non-hydrogen) atoms. The first-order valence-corrected chi connectivity index (χ1v) is 5.36. The van der Waals surface area contributed by atoms with Crippen molar-refractivity contribution in [2.24, 2.45) is 5.16 Å². The molecule has 1 rings (SSSR count). The summed E-state index contributed by atoms with van der Waals surface area (Å²) in [5.74, 6) is -1.58. The van der Waals surface area contributed by atoms with E-state index in [2.05, 4.69) is 10.5 Å². The maximum Gasteiger partial charge on any atom is 0.268 e. The third-order valence-corrected chi connectivity index (χ3v) is 2.75. The SMILES string of the molecule is N=CC(=O)N/C(=N\O)N[C@@H]1O[C@H](CO)[C@@H](O)[C@]1(F)Cl. The molecule has 1 fully saturated rings. The highest BCUT2D eigenvalue weighted by Gasteiger charge is 2.56. The summed E-state index contributed by atoms with van der Waals surface area (Å²) >= 11 is 5.42. The first-order valence-electron chi connectivity index (χ1n) is 4.99. The van der Waals surface area contributed by atoms with Gasteiger partial charge in [0.1, 0.15) is 12.2 Å². The van der Waals surface area contributed by atoms with Crippen molar-refractivity contribution in [3.63, 3.8) is 0 Å². The van der Waals surface area contributed by atoms with Gasteiger partial charge in [-0.05, 0) is 0 Å². The maximum absolute atomic E-state index is 13.9. The lowest BCUT2D eigenvalue weighted by molar-refractivity contribution is -0.113. The molecule has 0 bridgehead atoms. The Morgan fingerprint density at radius 2 is 2.32 bits per heavy atom. The smallest absolute Gasteiger partial charge is 0.268 e. The molecule has 1 aliphatic rings. The third-order valence-electron chi connectivity index (χ3n) is 2.33. The number of aliphatic hydroxyl groups is 2. The Balaban J connectivity index is 2.75. The average Bonchev–Trinajstić information content (AvgIpc) is 2.60. The molecular formula is C8H12ClFN4O5. The summed E-state index contributed by atoms with van der Waals surface area (Å²) in [5, 5.41) is 37.3. The zero-order valence-corrected chi connectivity index (χ0v) is 10.1. The Hall–Kier alpha value is -1.49. The van der Waals surface area contributed by atoms with E-state index in [9.17, 15) is 14.3 Å². The van der Waals surface area contributed by atoms with E-state index >= 15 is 0 Å². The van der Waals surface area contributed by atoms with Crippen LogP contribution >= 0.6 is 11.6 Å². The van der Waals surface area contributed by atoms with Crippen LogP contribution in [0, 0.1) is 5.41 Å². The van der Waals surface area contributed by atoms with Crippen molar-refractivity contribution in [2.75, 3.05) is 6.61 Å². The van der Waals surface area contributed by atoms with Gasteiger partial charge in [0, 0.05) is 0 Å². The first kappa shape index (κ1) is 15.6. The van der Waals surface area contributed by atoms with Gasteiger partial charge in [0.2, 0.25) is 5.96 Å². The van der Waals surface area contributed by atoms with E-state index in [1.165, 1.54) is 0 Å². The number of carbonyl (C=O) groups excluding carboxylic acids is 1. The molecule has 108 valence electrons. The van der Waals surface area contributed by atoms with E-state index in [1.807, 2.05) is 5.32 Å². The molecule has 0 unspecified atom stereocenters. The standard InChI is InChI=1S/C8H12ClFN4O5/c9-8(10)5(17)3(2-15)19-6(8)13-7(14-18)12-4(16)1-11/h1,3,5-6,11,15,17-18H,2H2,(H2,12,13,14,16)/t3-,5-,6-,8-/m1/s1. The van der Waals surface area contributed by atoms with Crippen molar-refractivity contribution in [3.8, 4) is 0 Å². The first-order chi connectivity index (χ1) is 8.86. The van der Waals surface area contributed by atoms with Gasteiger partial charge in [-0.2, -0.15) is 0 Å². The van der Waals surface area contributed by atoms with Crippen LogP contribution in [-0.2, 0) is 9.53 Å². The monoisotopic (exact) mass is 298 g/mol. The van der Waals surface area contributed by atoms with Crippen LogP contribution in [0.2, 0.25) is 0 Å². The number of ether oxygens (including phenoxy) is 1. The van der Waals surface area contributed by atoms with Gasteiger partial charge in [0.25, 0.3) is 11.0 Å². The highest BCUT2D eigenvalue weighted by molar-refractivity contribution is 6.29. The van der Waals surface area contributed by atoms with E-state index in [1.54, 1.807) is 0 Å². The molecule has 6 N–H and O–H groups in total. The molecule has 0 aromatic heterocycles. The zero-order chi connectivity index (χ0) is 14.6. The molecule has 4 atom stereocenters. The van der Waals surface area contributed by atoms with Crippen molar-refractivity contribution in [1.82, 2.24) is 10.6 Å². The average molecular weight is 299 g/mol. The minimum Gasteiger partial charge on any atom is -0.408 e. The van der Waals surface area contributed by atoms with Gasteiger partial charge in [-0.25, -0.2) is 4.39 Å². The van der Waals surface area contributed by atoms with Crippen molar-refractivity contribution in [3.05, 3.63) is 0 Å². The molecular weight excluding hydrogens is 287 g/mol. The number of guanidine groups is 1. The minimum atomic E-state index is -2.81. The molecule has 1 heterocycles. The highest BCUT2D eigenvalue weighted by Crippen LogP contribution is 2.36. The topological polar surface area (TPSA) is 147 Å². The Kier molecular flexibility index (Phi) is 5.00. The van der Waals surface area contributed by atoms with E-state index in [-0.39, 0.29) is 0 Å². The molecule has 1 saturated heterocycles. The second-order valence-corrected chi connectivity index (χ2v) is 4.16. The zero-order valence-electron chi connectivity index (χ0n) is 9.38. The predicted octanol–water partition coefficient (Wildman–Crippen LogP) is -1.93. The van der Waals surface area contributed by atoms with Crippen LogP contribution in [0.15, 0.2) is 5.16 Å². The summed E-state index contributed by atoms with van der Waals surface area (Å²) in [4.78, 5) is 10.9. The van der Waals surface area contributed by atoms with E-state index in [0.29, 0.717) is 6.21 Å². The fourth-order valence-electron chi connectivity index (χ4n) is 1.38. The van der Waals surface area contributed by atoms with Crippen LogP contribution in [0.4, 0.5) is 4.39 Å². The molecule has 0 aliphatic carbocycles. The van der Waals surface area contributed by atoms with Crippen LogP contribution in [0.25, 0.3) is 0 Å². The fourth-order valence-corrected chi connectivity index (χ4v) is 1.63. The number of amides is 1. The van der Waals surface area contributed by atoms with E-state index < -0.39 is 42.0 Å². The second kappa shape index (κ2) is 6.10. The normalized spacial score (nSPS) is 34.9. The Morgan fingerprint density at radius 3 is 2.74 bits per heavy atom. The molecule has 0 aromatic carbocycles. The predicted molar refractivity (Wildman–Crippen MR) is 60.7 cm³/mol. The number of hydrogen-bond donors (Lipinski definition) is 6. The molecule has 1 amide bonds. The molecule has 11 heteroatoms. The number of aliphatic hydroxyl groups excluding tert-OH is 2. The number of halogens is 2. The summed E-state index contributed by atoms with van der Waals surface area (Å²) in [6.45, 7) is -0.684. The fraction of sp³-hybridized carbons (Fsp3) is 0.625. The van der Waals surface area contributed by atoms with Crippen molar-refractivity contribution >= 4 is 29.7 Å². The number of carbonyl (C=O) groups is 1. The lowest BCUT2D eigenvalue weighted by Gasteiger charge is -2.22. The van der Waals surface area contributed by atoms with Gasteiger partial charge in [-0.1, -0.05) is 16.8 Å². The summed E-state index contributed by atoms with van der Waals surface area (Å²) in [5.41, 5.74) is 0. The summed E-state index contributed by atoms with van der Waals surface area (Å²) in [6.07, 6.45) is -4.40. The van der Waals surface area contributed by atoms with Crippen molar-refractivity contribution < 1.29 is 29.3 Å². The summed E-state index contributed by atoms with van der Waals surface area (Å²) in [6, 6.07) is 0. The number of alkyl halides is 2. The van der Waals surface area contributed by atoms with Crippen molar-refractivity contribution in [1.29, 1.82) is 5.41 Å². The number of nitrogens with zero attached hydrogens (tertiary/aromatic N) is 1. The summed E-state index contributed by atoms with van der Waals surface area (Å²) < 4.78 is 18.8. The lowest BCUT2D eigenvalue weighted by Crippen LogP contribution is -2.53. The molecule has 1 aliphatic heterocycles. The number of rotatable bonds is 3. The quantitative estimate of drug-likeness (QED) is 0.118. The van der Waals surface area contributed by atoms with Crippen LogP contribution in [0.5, 0.6) is 0 Å². The van der Waals surface area contributed by atoms with Gasteiger partial charge in [0.05, 0.1) is 12.8 Å². The molecule has 0 spiro atoms. The van der Waals surface area contributed by atoms with Crippen LogP contribution in [-0.4, -0.2) is 63.7 Å². The van der Waals surface area contributed by atoms with Gasteiger partial charge >= 0.3 is 0 Å². The minimum absolute atomic E-state index is 0.386. The van der Waals surface area contributed by atoms with Gasteiger partial charge in [-0.3, -0.25) is 10.1 Å².